The van der Waals surface area contributed by atoms with Gasteiger partial charge in [0.05, 0.1) is 6.54 Å². The fourth-order valence-corrected chi connectivity index (χ4v) is 2.38. The van der Waals surface area contributed by atoms with Crippen molar-refractivity contribution >= 4 is 23.2 Å². The van der Waals surface area contributed by atoms with E-state index in [1.54, 1.807) is 5.32 Å². The van der Waals surface area contributed by atoms with Gasteiger partial charge in [0.2, 0.25) is 5.91 Å². The van der Waals surface area contributed by atoms with Crippen molar-refractivity contribution in [2.24, 2.45) is 0 Å². The van der Waals surface area contributed by atoms with E-state index in [9.17, 15) is 35.9 Å². The summed E-state index contributed by atoms with van der Waals surface area (Å²) in [4.78, 5) is 23.9. The lowest BCUT2D eigenvalue weighted by molar-refractivity contribution is -0.123. The Morgan fingerprint density at radius 3 is 2.32 bits per heavy atom. The second-order valence-electron chi connectivity index (χ2n) is 6.23. The van der Waals surface area contributed by atoms with Crippen LogP contribution in [0.2, 0.25) is 0 Å². The molecule has 0 aliphatic carbocycles. The predicted octanol–water partition coefficient (Wildman–Crippen LogP) is 4.08. The molecule has 168 valence electrons. The lowest BCUT2D eigenvalue weighted by atomic mass is 10.1. The Hall–Kier alpha value is -3.44. The maximum atomic E-state index is 14.1. The van der Waals surface area contributed by atoms with Gasteiger partial charge in [-0.15, -0.1) is 0 Å². The minimum atomic E-state index is -4.62. The van der Waals surface area contributed by atoms with Crippen molar-refractivity contribution in [2.45, 2.75) is 19.7 Å². The third-order valence-corrected chi connectivity index (χ3v) is 3.86. The van der Waals surface area contributed by atoms with Crippen LogP contribution in [0, 0.1) is 12.7 Å². The van der Waals surface area contributed by atoms with Crippen LogP contribution in [0.15, 0.2) is 36.4 Å². The molecule has 0 fully saturated rings. The van der Waals surface area contributed by atoms with Gasteiger partial charge in [0, 0.05) is 22.5 Å². The van der Waals surface area contributed by atoms with Crippen molar-refractivity contribution in [3.8, 4) is 5.75 Å². The summed E-state index contributed by atoms with van der Waals surface area (Å²) in [6.45, 7) is -3.58. The highest BCUT2D eigenvalue weighted by Gasteiger charge is 2.28. The van der Waals surface area contributed by atoms with E-state index in [4.69, 9.17) is 0 Å². The topological polar surface area (TPSA) is 79.5 Å². The molecule has 0 radical (unpaired) electrons. The summed E-state index contributed by atoms with van der Waals surface area (Å²) in [5.41, 5.74) is 0.00290. The van der Waals surface area contributed by atoms with Crippen LogP contribution >= 0.6 is 0 Å². The van der Waals surface area contributed by atoms with Crippen molar-refractivity contribution in [3.63, 3.8) is 0 Å². The Kier molecular flexibility index (Phi) is 7.72. The zero-order chi connectivity index (χ0) is 23.2. The van der Waals surface area contributed by atoms with Crippen LogP contribution in [0.4, 0.5) is 37.7 Å². The molecule has 3 N–H and O–H groups in total. The number of benzene rings is 2. The Morgan fingerprint density at radius 1 is 1.10 bits per heavy atom. The van der Waals surface area contributed by atoms with Crippen LogP contribution < -0.4 is 20.7 Å². The van der Waals surface area contributed by atoms with Crippen LogP contribution in [0.3, 0.4) is 0 Å². The number of hydrogen-bond acceptors (Lipinski definition) is 4. The van der Waals surface area contributed by atoms with Gasteiger partial charge >= 0.3 is 12.8 Å². The summed E-state index contributed by atoms with van der Waals surface area (Å²) < 4.78 is 79.2. The molecule has 0 spiro atoms. The van der Waals surface area contributed by atoms with Crippen LogP contribution in [-0.4, -0.2) is 37.7 Å². The molecule has 2 rings (SSSR count). The molecule has 0 unspecified atom stereocenters. The zero-order valence-corrected chi connectivity index (χ0v) is 15.9. The minimum Gasteiger partial charge on any atom is -0.435 e. The van der Waals surface area contributed by atoms with Crippen LogP contribution in [0.1, 0.15) is 15.9 Å². The smallest absolute Gasteiger partial charge is 0.405 e. The highest BCUT2D eigenvalue weighted by molar-refractivity contribution is 5.96. The van der Waals surface area contributed by atoms with Crippen LogP contribution in [-0.2, 0) is 4.79 Å². The molecular formula is C19H17F6N3O3. The molecule has 0 heterocycles. The average molecular weight is 449 g/mol. The van der Waals surface area contributed by atoms with E-state index in [1.165, 1.54) is 31.2 Å². The van der Waals surface area contributed by atoms with Crippen molar-refractivity contribution in [3.05, 3.63) is 53.3 Å². The lowest BCUT2D eigenvalue weighted by Gasteiger charge is -2.14. The zero-order valence-electron chi connectivity index (χ0n) is 15.9. The summed E-state index contributed by atoms with van der Waals surface area (Å²) >= 11 is 0. The molecule has 31 heavy (non-hydrogen) atoms. The maximum absolute atomic E-state index is 14.1. The van der Waals surface area contributed by atoms with E-state index >= 15 is 0 Å². The number of hydrogen-bond donors (Lipinski definition) is 3. The molecule has 0 saturated carbocycles. The molecule has 0 atom stereocenters. The molecule has 0 aliphatic heterocycles. The average Bonchev–Trinajstić information content (AvgIpc) is 2.67. The van der Waals surface area contributed by atoms with Gasteiger partial charge in [-0.25, -0.2) is 4.39 Å². The van der Waals surface area contributed by atoms with E-state index in [1.807, 2.05) is 0 Å². The molecule has 2 amide bonds. The Morgan fingerprint density at radius 2 is 1.74 bits per heavy atom. The molecule has 2 aromatic rings. The summed E-state index contributed by atoms with van der Waals surface area (Å²) in [7, 11) is 0. The number of carbonyl (C=O) groups excluding carboxylic acids is 2. The standard InChI is InChI=1S/C19H17F6N3O3/c1-10-14(20)6-11(17(30)27-9-19(23,24)25)7-15(10)26-8-16(29)28-12-2-4-13(5-3-12)31-18(21)22/h2-7,18,26H,8-9H2,1H3,(H,27,30)(H,28,29). The first kappa shape index (κ1) is 23.8. The SMILES string of the molecule is Cc1c(F)cc(C(=O)NCC(F)(F)F)cc1NCC(=O)Nc1ccc(OC(F)F)cc1. The van der Waals surface area contributed by atoms with Gasteiger partial charge < -0.3 is 20.7 Å². The second kappa shape index (κ2) is 10.0. The summed E-state index contributed by atoms with van der Waals surface area (Å²) in [6.07, 6.45) is -4.62. The fourth-order valence-electron chi connectivity index (χ4n) is 2.38. The molecule has 0 aromatic heterocycles. The second-order valence-corrected chi connectivity index (χ2v) is 6.23. The van der Waals surface area contributed by atoms with Gasteiger partial charge in [-0.2, -0.15) is 22.0 Å². The van der Waals surface area contributed by atoms with E-state index in [0.29, 0.717) is 0 Å². The molecule has 0 saturated heterocycles. The van der Waals surface area contributed by atoms with Crippen molar-refractivity contribution < 1.29 is 40.7 Å². The first-order valence-electron chi connectivity index (χ1n) is 8.68. The van der Waals surface area contributed by atoms with Crippen molar-refractivity contribution in [2.75, 3.05) is 23.7 Å². The van der Waals surface area contributed by atoms with Crippen molar-refractivity contribution in [1.29, 1.82) is 0 Å². The highest BCUT2D eigenvalue weighted by Crippen LogP contribution is 2.22. The van der Waals surface area contributed by atoms with Crippen LogP contribution in [0.25, 0.3) is 0 Å². The largest absolute Gasteiger partial charge is 0.435 e. The lowest BCUT2D eigenvalue weighted by Crippen LogP contribution is -2.33. The molecule has 0 bridgehead atoms. The number of amides is 2. The summed E-state index contributed by atoms with van der Waals surface area (Å²) in [5, 5.41) is 6.69. The molecule has 0 aliphatic rings. The highest BCUT2D eigenvalue weighted by atomic mass is 19.4. The summed E-state index contributed by atoms with van der Waals surface area (Å²) in [6, 6.07) is 7.00. The number of ether oxygens (including phenoxy) is 1. The number of alkyl halides is 5. The van der Waals surface area contributed by atoms with E-state index in [-0.39, 0.29) is 34.8 Å². The monoisotopic (exact) mass is 449 g/mol. The van der Waals surface area contributed by atoms with Gasteiger partial charge in [-0.3, -0.25) is 9.59 Å². The van der Waals surface area contributed by atoms with E-state index < -0.39 is 37.0 Å². The first-order valence-corrected chi connectivity index (χ1v) is 8.68. The number of halogens is 6. The molecule has 6 nitrogen and oxygen atoms in total. The number of anilines is 2. The fraction of sp³-hybridized carbons (Fsp3) is 0.263. The Labute approximate surface area is 172 Å². The van der Waals surface area contributed by atoms with Gasteiger partial charge in [0.25, 0.3) is 5.91 Å². The minimum absolute atomic E-state index is 0.0352. The quantitative estimate of drug-likeness (QED) is 0.531. The maximum Gasteiger partial charge on any atom is 0.405 e. The van der Waals surface area contributed by atoms with Gasteiger partial charge in [-0.05, 0) is 43.3 Å². The third-order valence-electron chi connectivity index (χ3n) is 3.86. The predicted molar refractivity (Wildman–Crippen MR) is 99.7 cm³/mol. The normalized spacial score (nSPS) is 11.2. The van der Waals surface area contributed by atoms with E-state index in [0.717, 1.165) is 12.1 Å². The summed E-state index contributed by atoms with van der Waals surface area (Å²) in [5.74, 6) is -2.67. The van der Waals surface area contributed by atoms with Gasteiger partial charge in [0.15, 0.2) is 0 Å². The number of carbonyl (C=O) groups is 2. The Bertz CT molecular complexity index is 933. The molecule has 12 heteroatoms. The first-order chi connectivity index (χ1) is 14.4. The number of nitrogens with one attached hydrogen (secondary N) is 3. The van der Waals surface area contributed by atoms with E-state index in [2.05, 4.69) is 15.4 Å². The Balaban J connectivity index is 1.99. The number of rotatable bonds is 8. The van der Waals surface area contributed by atoms with Crippen molar-refractivity contribution in [1.82, 2.24) is 5.32 Å². The third kappa shape index (κ3) is 7.72. The molecular weight excluding hydrogens is 432 g/mol. The van der Waals surface area contributed by atoms with Gasteiger partial charge in [-0.1, -0.05) is 0 Å². The van der Waals surface area contributed by atoms with Gasteiger partial charge in [0.1, 0.15) is 18.1 Å². The molecule has 2 aromatic carbocycles. The van der Waals surface area contributed by atoms with Crippen LogP contribution in [0.5, 0.6) is 5.75 Å².